The summed E-state index contributed by atoms with van der Waals surface area (Å²) >= 11 is 0. The largest absolute Gasteiger partial charge is 0.466 e. The number of rotatable bonds is 3. The van der Waals surface area contributed by atoms with Crippen molar-refractivity contribution in [3.05, 3.63) is 34.4 Å². The number of hydrogen-bond donors (Lipinski definition) is 0. The fourth-order valence-corrected chi connectivity index (χ4v) is 1.76. The van der Waals surface area contributed by atoms with Gasteiger partial charge in [0, 0.05) is 0 Å². The van der Waals surface area contributed by atoms with Gasteiger partial charge in [-0.25, -0.2) is 0 Å². The molecule has 0 bridgehead atoms. The Bertz CT molecular complexity index is 530. The summed E-state index contributed by atoms with van der Waals surface area (Å²) in [5, 5.41) is 8.93. The highest BCUT2D eigenvalue weighted by atomic mass is 19.4. The third kappa shape index (κ3) is 3.47. The van der Waals surface area contributed by atoms with Gasteiger partial charge < -0.3 is 4.74 Å². The minimum Gasteiger partial charge on any atom is -0.466 e. The van der Waals surface area contributed by atoms with E-state index >= 15 is 0 Å². The Labute approximate surface area is 108 Å². The lowest BCUT2D eigenvalue weighted by Gasteiger charge is -2.14. The molecule has 1 rings (SSSR count). The van der Waals surface area contributed by atoms with Crippen LogP contribution in [0.2, 0.25) is 0 Å². The zero-order valence-electron chi connectivity index (χ0n) is 10.5. The lowest BCUT2D eigenvalue weighted by Crippen LogP contribution is -2.15. The predicted octanol–water partition coefficient (Wildman–Crippen LogP) is 2.99. The number of alkyl halides is 3. The summed E-state index contributed by atoms with van der Waals surface area (Å²) in [7, 11) is 0. The molecule has 0 fully saturated rings. The van der Waals surface area contributed by atoms with Crippen molar-refractivity contribution in [2.75, 3.05) is 6.61 Å². The number of ether oxygens (including phenoxy) is 1. The van der Waals surface area contributed by atoms with Gasteiger partial charge in [-0.3, -0.25) is 4.79 Å². The highest BCUT2D eigenvalue weighted by Gasteiger charge is 2.36. The Morgan fingerprint density at radius 3 is 2.53 bits per heavy atom. The quantitative estimate of drug-likeness (QED) is 0.794. The summed E-state index contributed by atoms with van der Waals surface area (Å²) in [4.78, 5) is 11.3. The molecule has 3 nitrogen and oxygen atoms in total. The van der Waals surface area contributed by atoms with E-state index in [1.807, 2.05) is 0 Å². The average molecular weight is 271 g/mol. The van der Waals surface area contributed by atoms with Crippen LogP contribution in [0, 0.1) is 18.3 Å². The summed E-state index contributed by atoms with van der Waals surface area (Å²) < 4.78 is 43.4. The number of carbonyl (C=O) groups excluding carboxylic acids is 1. The van der Waals surface area contributed by atoms with Crippen LogP contribution in [0.25, 0.3) is 0 Å². The average Bonchev–Trinajstić information content (AvgIpc) is 2.29. The standard InChI is InChI=1S/C13H12F3NO2/c1-3-19-11(18)6-9-5-4-8(2)12(10(9)7-17)13(14,15)16/h4-5H,3,6H2,1-2H3. The van der Waals surface area contributed by atoms with Crippen LogP contribution in [0.5, 0.6) is 0 Å². The molecule has 0 amide bonds. The number of nitrogens with zero attached hydrogens (tertiary/aromatic N) is 1. The molecule has 0 heterocycles. The van der Waals surface area contributed by atoms with E-state index in [2.05, 4.69) is 4.74 Å². The maximum atomic E-state index is 12.9. The SMILES string of the molecule is CCOC(=O)Cc1ccc(C)c(C(F)(F)F)c1C#N. The van der Waals surface area contributed by atoms with Gasteiger partial charge in [0.05, 0.1) is 24.2 Å². The molecule has 0 atom stereocenters. The molecule has 0 radical (unpaired) electrons. The van der Waals surface area contributed by atoms with Crippen molar-refractivity contribution in [2.24, 2.45) is 0 Å². The number of nitriles is 1. The van der Waals surface area contributed by atoms with Crippen LogP contribution in [0.4, 0.5) is 13.2 Å². The fourth-order valence-electron chi connectivity index (χ4n) is 1.76. The van der Waals surface area contributed by atoms with Crippen LogP contribution in [-0.2, 0) is 22.1 Å². The molecule has 0 aliphatic carbocycles. The predicted molar refractivity (Wildman–Crippen MR) is 61.2 cm³/mol. The van der Waals surface area contributed by atoms with Gasteiger partial charge >= 0.3 is 12.1 Å². The Morgan fingerprint density at radius 1 is 1.42 bits per heavy atom. The first-order chi connectivity index (χ1) is 8.81. The van der Waals surface area contributed by atoms with Crippen LogP contribution >= 0.6 is 0 Å². The number of hydrogen-bond acceptors (Lipinski definition) is 3. The molecular weight excluding hydrogens is 259 g/mol. The van der Waals surface area contributed by atoms with Crippen molar-refractivity contribution in [2.45, 2.75) is 26.4 Å². The zero-order valence-corrected chi connectivity index (χ0v) is 10.5. The van der Waals surface area contributed by atoms with Crippen LogP contribution in [0.3, 0.4) is 0 Å². The highest BCUT2D eigenvalue weighted by molar-refractivity contribution is 5.74. The molecule has 102 valence electrons. The third-order valence-electron chi connectivity index (χ3n) is 2.54. The number of carbonyl (C=O) groups is 1. The molecule has 0 N–H and O–H groups in total. The number of aryl methyl sites for hydroxylation is 1. The Kier molecular flexibility index (Phi) is 4.54. The third-order valence-corrected chi connectivity index (χ3v) is 2.54. The molecule has 0 spiro atoms. The Morgan fingerprint density at radius 2 is 2.05 bits per heavy atom. The van der Waals surface area contributed by atoms with Gasteiger partial charge in [0.15, 0.2) is 0 Å². The van der Waals surface area contributed by atoms with E-state index in [1.54, 1.807) is 6.92 Å². The molecule has 0 saturated heterocycles. The normalized spacial score (nSPS) is 10.9. The summed E-state index contributed by atoms with van der Waals surface area (Å²) in [5.74, 6) is -0.657. The Hall–Kier alpha value is -2.03. The molecule has 6 heteroatoms. The molecule has 0 unspecified atom stereocenters. The monoisotopic (exact) mass is 271 g/mol. The van der Waals surface area contributed by atoms with E-state index in [1.165, 1.54) is 25.1 Å². The van der Waals surface area contributed by atoms with Gasteiger partial charge in [0.2, 0.25) is 0 Å². The van der Waals surface area contributed by atoms with Crippen molar-refractivity contribution in [1.82, 2.24) is 0 Å². The van der Waals surface area contributed by atoms with E-state index in [0.717, 1.165) is 0 Å². The molecule has 19 heavy (non-hydrogen) atoms. The molecule has 0 aliphatic rings. The molecule has 0 aliphatic heterocycles. The number of benzene rings is 1. The van der Waals surface area contributed by atoms with Crippen molar-refractivity contribution in [3.63, 3.8) is 0 Å². The maximum absolute atomic E-state index is 12.9. The fraction of sp³-hybridized carbons (Fsp3) is 0.385. The van der Waals surface area contributed by atoms with Crippen LogP contribution in [-0.4, -0.2) is 12.6 Å². The van der Waals surface area contributed by atoms with Crippen molar-refractivity contribution in [1.29, 1.82) is 5.26 Å². The minimum atomic E-state index is -4.63. The first kappa shape index (κ1) is 15.0. The van der Waals surface area contributed by atoms with Gasteiger partial charge in [0.25, 0.3) is 0 Å². The number of halogens is 3. The second-order valence-electron chi connectivity index (χ2n) is 3.88. The molecule has 1 aromatic rings. The van der Waals surface area contributed by atoms with Crippen LogP contribution in [0.15, 0.2) is 12.1 Å². The molecule has 1 aromatic carbocycles. The summed E-state index contributed by atoms with van der Waals surface area (Å²) in [6, 6.07) is 4.13. The zero-order chi connectivity index (χ0) is 14.6. The second-order valence-corrected chi connectivity index (χ2v) is 3.88. The lowest BCUT2D eigenvalue weighted by molar-refractivity contribution is -0.143. The second kappa shape index (κ2) is 5.74. The van der Waals surface area contributed by atoms with E-state index in [-0.39, 0.29) is 24.2 Å². The van der Waals surface area contributed by atoms with Gasteiger partial charge in [-0.15, -0.1) is 0 Å². The number of esters is 1. The molecule has 0 saturated carbocycles. The first-order valence-electron chi connectivity index (χ1n) is 5.56. The minimum absolute atomic E-state index is 0.0267. The van der Waals surface area contributed by atoms with Gasteiger partial charge in [0.1, 0.15) is 6.07 Å². The van der Waals surface area contributed by atoms with Crippen molar-refractivity contribution >= 4 is 5.97 Å². The first-order valence-corrected chi connectivity index (χ1v) is 5.56. The van der Waals surface area contributed by atoms with Gasteiger partial charge in [-0.05, 0) is 25.0 Å². The van der Waals surface area contributed by atoms with E-state index in [9.17, 15) is 18.0 Å². The maximum Gasteiger partial charge on any atom is 0.417 e. The van der Waals surface area contributed by atoms with Gasteiger partial charge in [-0.1, -0.05) is 12.1 Å². The van der Waals surface area contributed by atoms with Crippen molar-refractivity contribution in [3.8, 4) is 6.07 Å². The highest BCUT2D eigenvalue weighted by Crippen LogP contribution is 2.35. The molecular formula is C13H12F3NO2. The van der Waals surface area contributed by atoms with E-state index < -0.39 is 23.3 Å². The summed E-state index contributed by atoms with van der Waals surface area (Å²) in [6.45, 7) is 3.01. The lowest BCUT2D eigenvalue weighted by atomic mass is 9.95. The van der Waals surface area contributed by atoms with Crippen molar-refractivity contribution < 1.29 is 22.7 Å². The molecule has 0 aromatic heterocycles. The van der Waals surface area contributed by atoms with Gasteiger partial charge in [-0.2, -0.15) is 18.4 Å². The Balaban J connectivity index is 3.29. The van der Waals surface area contributed by atoms with Crippen LogP contribution < -0.4 is 0 Å². The topological polar surface area (TPSA) is 50.1 Å². The van der Waals surface area contributed by atoms with E-state index in [0.29, 0.717) is 0 Å². The van der Waals surface area contributed by atoms with Crippen LogP contribution in [0.1, 0.15) is 29.2 Å². The smallest absolute Gasteiger partial charge is 0.417 e. The summed E-state index contributed by atoms with van der Waals surface area (Å²) in [5.41, 5.74) is -1.52. The van der Waals surface area contributed by atoms with E-state index in [4.69, 9.17) is 5.26 Å². The summed E-state index contributed by atoms with van der Waals surface area (Å²) in [6.07, 6.45) is -4.97.